The first-order chi connectivity index (χ1) is 23.9. The summed E-state index contributed by atoms with van der Waals surface area (Å²) in [6, 6.07) is 7.40. The monoisotopic (exact) mass is 685 g/mol. The molecule has 1 atom stereocenters. The van der Waals surface area contributed by atoms with Crippen LogP contribution in [-0.4, -0.2) is 63.4 Å². The Labute approximate surface area is 292 Å². The summed E-state index contributed by atoms with van der Waals surface area (Å²) in [6.07, 6.45) is 10.7. The van der Waals surface area contributed by atoms with Crippen LogP contribution in [0.4, 0.5) is 4.79 Å². The molecule has 2 aliphatic rings. The van der Waals surface area contributed by atoms with Gasteiger partial charge in [0.2, 0.25) is 17.6 Å². The number of oxazole rings is 2. The van der Waals surface area contributed by atoms with Crippen molar-refractivity contribution in [2.45, 2.75) is 97.1 Å². The molecule has 50 heavy (non-hydrogen) atoms. The number of aryl methyl sites for hydroxylation is 1. The zero-order valence-electron chi connectivity index (χ0n) is 29.6. The molecular formula is C38H47N5O7. The van der Waals surface area contributed by atoms with Crippen LogP contribution in [0.25, 0.3) is 22.2 Å². The Bertz CT molecular complexity index is 1810. The van der Waals surface area contributed by atoms with Gasteiger partial charge in [0.05, 0.1) is 30.6 Å². The second-order valence-electron chi connectivity index (χ2n) is 14.8. The number of methoxy groups -OCH3 is 1. The highest BCUT2D eigenvalue weighted by atomic mass is 16.6. The fourth-order valence-electron chi connectivity index (χ4n) is 7.04. The number of nitrogens with zero attached hydrogens (tertiary/aromatic N) is 4. The molecule has 266 valence electrons. The van der Waals surface area contributed by atoms with Crippen molar-refractivity contribution >= 4 is 28.7 Å². The first-order valence-corrected chi connectivity index (χ1v) is 17.5. The molecule has 0 unspecified atom stereocenters. The Morgan fingerprint density at radius 3 is 2.56 bits per heavy atom. The minimum absolute atomic E-state index is 0.0169. The van der Waals surface area contributed by atoms with Crippen LogP contribution in [0.1, 0.15) is 107 Å². The summed E-state index contributed by atoms with van der Waals surface area (Å²) in [5, 5.41) is 4.21. The number of nitrogens with one attached hydrogen (secondary N) is 1. The van der Waals surface area contributed by atoms with Crippen LogP contribution < -0.4 is 10.1 Å². The molecule has 0 radical (unpaired) electrons. The second-order valence-corrected chi connectivity index (χ2v) is 14.8. The lowest BCUT2D eigenvalue weighted by atomic mass is 9.66. The van der Waals surface area contributed by atoms with E-state index in [0.29, 0.717) is 49.8 Å². The van der Waals surface area contributed by atoms with Gasteiger partial charge in [0.1, 0.15) is 23.7 Å². The van der Waals surface area contributed by atoms with Crippen LogP contribution in [0.3, 0.4) is 0 Å². The number of pyridine rings is 1. The second kappa shape index (κ2) is 14.6. The lowest BCUT2D eigenvalue weighted by Crippen LogP contribution is -2.60. The molecule has 4 aromatic rings. The zero-order chi connectivity index (χ0) is 35.5. The van der Waals surface area contributed by atoms with Crippen molar-refractivity contribution in [3.05, 3.63) is 60.4 Å². The minimum Gasteiger partial charge on any atom is -0.496 e. The third kappa shape index (κ3) is 8.17. The van der Waals surface area contributed by atoms with E-state index in [-0.39, 0.29) is 35.0 Å². The summed E-state index contributed by atoms with van der Waals surface area (Å²) in [4.78, 5) is 53.5. The molecule has 1 aliphatic carbocycles. The number of carbonyl (C=O) groups is 3. The minimum atomic E-state index is -0.525. The number of ketones is 1. The van der Waals surface area contributed by atoms with E-state index in [9.17, 15) is 14.4 Å². The zero-order valence-corrected chi connectivity index (χ0v) is 29.6. The quantitative estimate of drug-likeness (QED) is 0.117. The number of ether oxygens (including phenoxy) is 2. The van der Waals surface area contributed by atoms with Gasteiger partial charge in [0.25, 0.3) is 5.89 Å². The van der Waals surface area contributed by atoms with Crippen molar-refractivity contribution in [1.82, 2.24) is 25.2 Å². The number of carbonyl (C=O) groups excluding carboxylic acids is 3. The van der Waals surface area contributed by atoms with Gasteiger partial charge in [-0.2, -0.15) is 0 Å². The summed E-state index contributed by atoms with van der Waals surface area (Å²) in [7, 11) is 1.61. The van der Waals surface area contributed by atoms with E-state index in [0.717, 1.165) is 60.7 Å². The van der Waals surface area contributed by atoms with E-state index in [1.165, 1.54) is 12.5 Å². The van der Waals surface area contributed by atoms with Gasteiger partial charge >= 0.3 is 6.09 Å². The summed E-state index contributed by atoms with van der Waals surface area (Å²) in [5.74, 6) is 1.43. The van der Waals surface area contributed by atoms with Gasteiger partial charge in [-0.3, -0.25) is 14.6 Å². The van der Waals surface area contributed by atoms with Crippen LogP contribution in [0.5, 0.6) is 5.75 Å². The van der Waals surface area contributed by atoms with E-state index in [2.05, 4.69) is 20.3 Å². The Kier molecular flexibility index (Phi) is 10.3. The van der Waals surface area contributed by atoms with E-state index < -0.39 is 11.6 Å². The van der Waals surface area contributed by atoms with E-state index in [1.54, 1.807) is 18.2 Å². The van der Waals surface area contributed by atoms with Crippen molar-refractivity contribution in [3.8, 4) is 17.1 Å². The molecule has 4 heterocycles. The van der Waals surface area contributed by atoms with Gasteiger partial charge in [-0.1, -0.05) is 18.9 Å². The predicted molar refractivity (Wildman–Crippen MR) is 186 cm³/mol. The standard InChI is InChI=1S/C38H47N5O7/c1-24-11-12-26-19-27(31(47-5)20-29(26)41-24)32-21-40-34(49-32)28(9-7-6-8-10-30(44)35-39-17-18-48-35)42-33(45)25-13-15-38(16-14-25)22-43(23-38)36(46)50-37(2,3)4/h11-12,17-21,25,28H,6-10,13-16,22-23H2,1-5H3,(H,42,45)/t28-/m0/s1. The maximum Gasteiger partial charge on any atom is 0.410 e. The third-order valence-corrected chi connectivity index (χ3v) is 9.74. The van der Waals surface area contributed by atoms with E-state index >= 15 is 0 Å². The third-order valence-electron chi connectivity index (χ3n) is 9.74. The predicted octanol–water partition coefficient (Wildman–Crippen LogP) is 7.61. The Hall–Kier alpha value is -4.74. The number of Topliss-reactive ketones (excluding diaryl/α,β-unsaturated/α-hetero) is 1. The Balaban J connectivity index is 1.11. The average Bonchev–Trinajstić information content (AvgIpc) is 3.79. The van der Waals surface area contributed by atoms with Gasteiger partial charge in [0.15, 0.2) is 5.76 Å². The number of hydrogen-bond donors (Lipinski definition) is 1. The molecular weight excluding hydrogens is 638 g/mol. The number of likely N-dealkylation sites (tertiary alicyclic amines) is 1. The normalized spacial score (nSPS) is 16.6. The van der Waals surface area contributed by atoms with Crippen LogP contribution >= 0.6 is 0 Å². The molecule has 1 aromatic carbocycles. The first kappa shape index (κ1) is 35.1. The number of fused-ring (bicyclic) bond motifs is 1. The number of unbranched alkanes of at least 4 members (excludes halogenated alkanes) is 2. The highest BCUT2D eigenvalue weighted by Crippen LogP contribution is 2.46. The van der Waals surface area contributed by atoms with Gasteiger partial charge in [0, 0.05) is 48.0 Å². The largest absolute Gasteiger partial charge is 0.496 e. The van der Waals surface area contributed by atoms with E-state index in [1.807, 2.05) is 52.0 Å². The molecule has 1 aliphatic heterocycles. The number of hydrogen-bond acceptors (Lipinski definition) is 10. The molecule has 0 bridgehead atoms. The van der Waals surface area contributed by atoms with E-state index in [4.69, 9.17) is 18.3 Å². The molecule has 1 spiro atoms. The highest BCUT2D eigenvalue weighted by molar-refractivity contribution is 5.91. The number of rotatable bonds is 12. The van der Waals surface area contributed by atoms with Crippen molar-refractivity contribution in [2.24, 2.45) is 11.3 Å². The molecule has 3 aromatic heterocycles. The lowest BCUT2D eigenvalue weighted by Gasteiger charge is -2.53. The number of aromatic nitrogens is 3. The molecule has 6 rings (SSSR count). The number of benzene rings is 1. The van der Waals surface area contributed by atoms with Gasteiger partial charge in [-0.15, -0.1) is 0 Å². The fraction of sp³-hybridized carbons (Fsp3) is 0.526. The van der Waals surface area contributed by atoms with Crippen molar-refractivity contribution in [3.63, 3.8) is 0 Å². The molecule has 2 amide bonds. The summed E-state index contributed by atoms with van der Waals surface area (Å²) in [5.41, 5.74) is 2.02. The molecule has 1 N–H and O–H groups in total. The van der Waals surface area contributed by atoms with Crippen LogP contribution in [0.15, 0.2) is 51.8 Å². The highest BCUT2D eigenvalue weighted by Gasteiger charge is 2.49. The van der Waals surface area contributed by atoms with Crippen LogP contribution in [0, 0.1) is 18.3 Å². The van der Waals surface area contributed by atoms with Crippen LogP contribution in [0.2, 0.25) is 0 Å². The molecule has 12 heteroatoms. The molecule has 1 saturated heterocycles. The summed E-state index contributed by atoms with van der Waals surface area (Å²) >= 11 is 0. The van der Waals surface area contributed by atoms with Crippen molar-refractivity contribution in [2.75, 3.05) is 20.2 Å². The Morgan fingerprint density at radius 2 is 1.86 bits per heavy atom. The van der Waals surface area contributed by atoms with Gasteiger partial charge < -0.3 is 28.5 Å². The molecule has 1 saturated carbocycles. The van der Waals surface area contributed by atoms with Crippen LogP contribution in [-0.2, 0) is 9.53 Å². The van der Waals surface area contributed by atoms with Crippen molar-refractivity contribution in [1.29, 1.82) is 0 Å². The molecule has 2 fully saturated rings. The van der Waals surface area contributed by atoms with Gasteiger partial charge in [-0.05, 0) is 78.4 Å². The maximum absolute atomic E-state index is 13.7. The van der Waals surface area contributed by atoms with Crippen molar-refractivity contribution < 1.29 is 32.7 Å². The molecule has 12 nitrogen and oxygen atoms in total. The summed E-state index contributed by atoms with van der Waals surface area (Å²) < 4.78 is 22.7. The SMILES string of the molecule is COc1cc2nc(C)ccc2cc1-c1cnc([C@H](CCCCCC(=O)c2ncco2)NC(=O)C2CCC3(CC2)CN(C(=O)OC(C)(C)C)C3)o1. The maximum atomic E-state index is 13.7. The van der Waals surface area contributed by atoms with Gasteiger partial charge in [-0.25, -0.2) is 14.8 Å². The Morgan fingerprint density at radius 1 is 1.08 bits per heavy atom. The smallest absolute Gasteiger partial charge is 0.410 e. The lowest BCUT2D eigenvalue weighted by molar-refractivity contribution is -0.129. The fourth-order valence-corrected chi connectivity index (χ4v) is 7.04. The summed E-state index contributed by atoms with van der Waals surface area (Å²) in [6.45, 7) is 8.91. The number of amides is 2. The topological polar surface area (TPSA) is 150 Å². The first-order valence-electron chi connectivity index (χ1n) is 17.5. The average molecular weight is 686 g/mol.